The number of nitrogens with two attached hydrogens (primary N) is 1. The van der Waals surface area contributed by atoms with Crippen LogP contribution in [0, 0.1) is 0 Å². The fraction of sp³-hybridized carbons (Fsp3) is 0.545. The number of aromatic nitrogens is 1. The Kier molecular flexibility index (Phi) is 4.33. The second-order valence-electron chi connectivity index (χ2n) is 4.37. The van der Waals surface area contributed by atoms with Crippen molar-refractivity contribution in [2.45, 2.75) is 13.0 Å². The van der Waals surface area contributed by atoms with Crippen molar-refractivity contribution >= 4 is 28.4 Å². The highest BCUT2D eigenvalue weighted by molar-refractivity contribution is 7.13. The second kappa shape index (κ2) is 5.98. The first kappa shape index (κ1) is 13.8. The maximum Gasteiger partial charge on any atom is 0.318 e. The smallest absolute Gasteiger partial charge is 0.318 e. The summed E-state index contributed by atoms with van der Waals surface area (Å²) in [5.41, 5.74) is 4.94. The quantitative estimate of drug-likeness (QED) is 0.805. The lowest BCUT2D eigenvalue weighted by molar-refractivity contribution is -0.124. The van der Waals surface area contributed by atoms with Crippen molar-refractivity contribution in [3.63, 3.8) is 0 Å². The topological polar surface area (TPSA) is 91.6 Å². The molecule has 3 amide bonds. The minimum absolute atomic E-state index is 0.352. The first-order valence-electron chi connectivity index (χ1n) is 6.06. The molecule has 2 heterocycles. The van der Waals surface area contributed by atoms with Crippen molar-refractivity contribution in [1.82, 2.24) is 15.2 Å². The maximum atomic E-state index is 11.7. The number of nitrogens with one attached hydrogen (secondary N) is 1. The molecule has 0 spiro atoms. The Morgan fingerprint density at radius 1 is 1.42 bits per heavy atom. The van der Waals surface area contributed by atoms with Gasteiger partial charge in [0, 0.05) is 37.8 Å². The number of hydrogen-bond donors (Lipinski definition) is 2. The van der Waals surface area contributed by atoms with Gasteiger partial charge in [-0.15, -0.1) is 11.3 Å². The number of anilines is 1. The van der Waals surface area contributed by atoms with Crippen molar-refractivity contribution in [2.75, 3.05) is 31.1 Å². The van der Waals surface area contributed by atoms with Crippen molar-refractivity contribution < 1.29 is 9.59 Å². The highest BCUT2D eigenvalue weighted by Gasteiger charge is 2.26. The summed E-state index contributed by atoms with van der Waals surface area (Å²) in [6, 6.07) is -1.16. The second-order valence-corrected chi connectivity index (χ2v) is 5.24. The predicted octanol–water partition coefficient (Wildman–Crippen LogP) is -0.151. The van der Waals surface area contributed by atoms with Crippen LogP contribution in [0.5, 0.6) is 0 Å². The van der Waals surface area contributed by atoms with Crippen molar-refractivity contribution in [3.05, 3.63) is 11.6 Å². The predicted molar refractivity (Wildman–Crippen MR) is 73.1 cm³/mol. The summed E-state index contributed by atoms with van der Waals surface area (Å²) in [6.45, 7) is 4.93. The van der Waals surface area contributed by atoms with E-state index in [9.17, 15) is 9.59 Å². The molecule has 3 N–H and O–H groups in total. The monoisotopic (exact) mass is 283 g/mol. The lowest BCUT2D eigenvalue weighted by Gasteiger charge is -2.37. The fourth-order valence-electron chi connectivity index (χ4n) is 2.06. The average Bonchev–Trinajstić information content (AvgIpc) is 2.91. The molecular weight excluding hydrogens is 266 g/mol. The standard InChI is InChI=1S/C11H17N5O2S/c1-8(9(17)14-10(12)18)15-3-5-16(6-4-15)11-13-2-7-19-11/h2,7-8H,3-6H2,1H3,(H3,12,14,17,18)/t8-/m0/s1. The van der Waals surface area contributed by atoms with Crippen LogP contribution in [0.2, 0.25) is 0 Å². The normalized spacial score (nSPS) is 18.1. The molecule has 0 bridgehead atoms. The Balaban J connectivity index is 1.85. The lowest BCUT2D eigenvalue weighted by atomic mass is 10.2. The molecular formula is C11H17N5O2S. The van der Waals surface area contributed by atoms with E-state index in [1.54, 1.807) is 24.5 Å². The highest BCUT2D eigenvalue weighted by Crippen LogP contribution is 2.19. The van der Waals surface area contributed by atoms with Crippen LogP contribution >= 0.6 is 11.3 Å². The van der Waals surface area contributed by atoms with Crippen molar-refractivity contribution in [3.8, 4) is 0 Å². The van der Waals surface area contributed by atoms with Gasteiger partial charge >= 0.3 is 6.03 Å². The van der Waals surface area contributed by atoms with Crippen LogP contribution in [0.15, 0.2) is 11.6 Å². The van der Waals surface area contributed by atoms with Gasteiger partial charge in [-0.1, -0.05) is 0 Å². The van der Waals surface area contributed by atoms with E-state index in [-0.39, 0.29) is 11.9 Å². The molecule has 2 rings (SSSR count). The number of carbonyl (C=O) groups excluding carboxylic acids is 2. The largest absolute Gasteiger partial charge is 0.351 e. The Morgan fingerprint density at radius 2 is 2.11 bits per heavy atom. The average molecular weight is 283 g/mol. The number of imide groups is 1. The van der Waals surface area contributed by atoms with Crippen LogP contribution in [-0.2, 0) is 4.79 Å². The van der Waals surface area contributed by atoms with Crippen molar-refractivity contribution in [2.24, 2.45) is 5.73 Å². The van der Waals surface area contributed by atoms with Gasteiger partial charge in [-0.3, -0.25) is 15.0 Å². The van der Waals surface area contributed by atoms with E-state index >= 15 is 0 Å². The minimum atomic E-state index is -0.807. The van der Waals surface area contributed by atoms with Gasteiger partial charge in [-0.2, -0.15) is 0 Å². The summed E-state index contributed by atoms with van der Waals surface area (Å²) in [5.74, 6) is -0.352. The summed E-state index contributed by atoms with van der Waals surface area (Å²) >= 11 is 1.61. The van der Waals surface area contributed by atoms with Crippen LogP contribution in [0.1, 0.15) is 6.92 Å². The summed E-state index contributed by atoms with van der Waals surface area (Å²) in [5, 5.41) is 5.07. The van der Waals surface area contributed by atoms with Gasteiger partial charge in [-0.25, -0.2) is 9.78 Å². The molecule has 1 fully saturated rings. The number of amides is 3. The minimum Gasteiger partial charge on any atom is -0.351 e. The molecule has 0 unspecified atom stereocenters. The number of rotatable bonds is 3. The van der Waals surface area contributed by atoms with Crippen LogP contribution in [-0.4, -0.2) is 54.0 Å². The van der Waals surface area contributed by atoms with E-state index in [2.05, 4.69) is 15.2 Å². The number of urea groups is 1. The zero-order valence-electron chi connectivity index (χ0n) is 10.7. The first-order valence-corrected chi connectivity index (χ1v) is 6.94. The maximum absolute atomic E-state index is 11.7. The third kappa shape index (κ3) is 3.42. The number of thiazole rings is 1. The molecule has 104 valence electrons. The molecule has 0 saturated carbocycles. The van der Waals surface area contributed by atoms with E-state index in [0.717, 1.165) is 31.3 Å². The van der Waals surface area contributed by atoms with Gasteiger partial charge in [0.15, 0.2) is 5.13 Å². The SMILES string of the molecule is C[C@@H](C(=O)NC(N)=O)N1CCN(c2nccs2)CC1. The fourth-order valence-corrected chi connectivity index (χ4v) is 2.76. The summed E-state index contributed by atoms with van der Waals surface area (Å²) in [6.07, 6.45) is 1.79. The Bertz CT molecular complexity index is 442. The van der Waals surface area contributed by atoms with E-state index in [1.165, 1.54) is 0 Å². The summed E-state index contributed by atoms with van der Waals surface area (Å²) < 4.78 is 0. The molecule has 8 heteroatoms. The molecule has 0 aliphatic carbocycles. The lowest BCUT2D eigenvalue weighted by Crippen LogP contribution is -2.55. The number of hydrogen-bond acceptors (Lipinski definition) is 6. The van der Waals surface area contributed by atoms with Crippen molar-refractivity contribution in [1.29, 1.82) is 0 Å². The number of nitrogens with zero attached hydrogens (tertiary/aromatic N) is 3. The number of primary amides is 1. The van der Waals surface area contributed by atoms with Gasteiger partial charge in [-0.05, 0) is 6.92 Å². The van der Waals surface area contributed by atoms with Gasteiger partial charge in [0.25, 0.3) is 0 Å². The highest BCUT2D eigenvalue weighted by atomic mass is 32.1. The molecule has 7 nitrogen and oxygen atoms in total. The molecule has 1 atom stereocenters. The Morgan fingerprint density at radius 3 is 2.63 bits per heavy atom. The summed E-state index contributed by atoms with van der Waals surface area (Å²) in [4.78, 5) is 30.8. The van der Waals surface area contributed by atoms with E-state index in [0.29, 0.717) is 0 Å². The zero-order valence-corrected chi connectivity index (χ0v) is 11.5. The van der Waals surface area contributed by atoms with E-state index in [1.807, 2.05) is 10.3 Å². The number of piperazine rings is 1. The molecule has 1 saturated heterocycles. The molecule has 1 aliphatic rings. The third-order valence-corrected chi connectivity index (χ3v) is 4.01. The number of carbonyl (C=O) groups is 2. The molecule has 19 heavy (non-hydrogen) atoms. The molecule has 0 radical (unpaired) electrons. The van der Waals surface area contributed by atoms with Crippen LogP contribution in [0.4, 0.5) is 9.93 Å². The Labute approximate surface area is 115 Å². The van der Waals surface area contributed by atoms with Crippen LogP contribution in [0.25, 0.3) is 0 Å². The third-order valence-electron chi connectivity index (χ3n) is 3.18. The zero-order chi connectivity index (χ0) is 13.8. The Hall–Kier alpha value is -1.67. The summed E-state index contributed by atoms with van der Waals surface area (Å²) in [7, 11) is 0. The van der Waals surface area contributed by atoms with Crippen LogP contribution < -0.4 is 16.0 Å². The molecule has 1 aromatic heterocycles. The molecule has 1 aliphatic heterocycles. The van der Waals surface area contributed by atoms with Gasteiger partial charge < -0.3 is 10.6 Å². The van der Waals surface area contributed by atoms with Crippen LogP contribution in [0.3, 0.4) is 0 Å². The molecule has 1 aromatic rings. The van der Waals surface area contributed by atoms with Gasteiger partial charge in [0.2, 0.25) is 5.91 Å². The van der Waals surface area contributed by atoms with E-state index in [4.69, 9.17) is 5.73 Å². The van der Waals surface area contributed by atoms with Gasteiger partial charge in [0.1, 0.15) is 0 Å². The van der Waals surface area contributed by atoms with E-state index < -0.39 is 6.03 Å². The molecule has 0 aromatic carbocycles. The van der Waals surface area contributed by atoms with Gasteiger partial charge in [0.05, 0.1) is 6.04 Å². The first-order chi connectivity index (χ1) is 9.08.